The van der Waals surface area contributed by atoms with Crippen LogP contribution in [-0.2, 0) is 14.3 Å². The van der Waals surface area contributed by atoms with Crippen molar-refractivity contribution in [1.82, 2.24) is 5.32 Å². The van der Waals surface area contributed by atoms with Crippen LogP contribution >= 0.6 is 11.6 Å². The van der Waals surface area contributed by atoms with Gasteiger partial charge in [-0.05, 0) is 24.1 Å². The number of ether oxygens (including phenoxy) is 1. The van der Waals surface area contributed by atoms with Crippen LogP contribution in [0.5, 0.6) is 0 Å². The molecular weight excluding hydrogens is 360 g/mol. The molecule has 7 nitrogen and oxygen atoms in total. The lowest BCUT2D eigenvalue weighted by Crippen LogP contribution is -2.57. The number of aliphatic carboxylic acids is 1. The summed E-state index contributed by atoms with van der Waals surface area (Å²) in [4.78, 5) is 36.2. The first-order chi connectivity index (χ1) is 12.2. The summed E-state index contributed by atoms with van der Waals surface area (Å²) in [5, 5.41) is 15.0. The smallest absolute Gasteiger partial charge is 0.329 e. The quantitative estimate of drug-likeness (QED) is 0.701. The van der Waals surface area contributed by atoms with Crippen molar-refractivity contribution in [3.8, 4) is 0 Å². The highest BCUT2D eigenvalue weighted by Crippen LogP contribution is 2.25. The van der Waals surface area contributed by atoms with Gasteiger partial charge in [0.15, 0.2) is 0 Å². The number of carbonyl (C=O) groups is 3. The largest absolute Gasteiger partial charge is 0.480 e. The Bertz CT molecular complexity index is 699. The second kappa shape index (κ2) is 8.51. The van der Waals surface area contributed by atoms with Crippen LogP contribution in [0.1, 0.15) is 43.5 Å². The number of benzene rings is 1. The molecule has 0 aromatic heterocycles. The van der Waals surface area contributed by atoms with Crippen molar-refractivity contribution in [3.05, 3.63) is 28.8 Å². The summed E-state index contributed by atoms with van der Waals surface area (Å²) >= 11 is 6.11. The summed E-state index contributed by atoms with van der Waals surface area (Å²) in [7, 11) is 0. The molecule has 2 amide bonds. The Kier molecular flexibility index (Phi) is 6.61. The molecule has 1 fully saturated rings. The van der Waals surface area contributed by atoms with Gasteiger partial charge in [-0.3, -0.25) is 9.59 Å². The van der Waals surface area contributed by atoms with Crippen LogP contribution in [-0.4, -0.2) is 41.6 Å². The molecule has 142 valence electrons. The second-order valence-electron chi connectivity index (χ2n) is 6.79. The average molecular weight is 383 g/mol. The van der Waals surface area contributed by atoms with Gasteiger partial charge in [-0.2, -0.15) is 0 Å². The van der Waals surface area contributed by atoms with Gasteiger partial charge < -0.3 is 20.5 Å². The fourth-order valence-electron chi connectivity index (χ4n) is 2.76. The molecule has 8 heteroatoms. The number of hydrogen-bond acceptors (Lipinski definition) is 4. The number of carboxylic acid groups (broad SMARTS) is 1. The second-order valence-corrected chi connectivity index (χ2v) is 7.20. The molecule has 0 spiro atoms. The zero-order valence-electron chi connectivity index (χ0n) is 14.8. The van der Waals surface area contributed by atoms with E-state index in [9.17, 15) is 19.5 Å². The number of anilines is 1. The average Bonchev–Trinajstić information content (AvgIpc) is 2.56. The van der Waals surface area contributed by atoms with E-state index in [-0.39, 0.29) is 48.5 Å². The summed E-state index contributed by atoms with van der Waals surface area (Å²) in [6.45, 7) is 4.37. The van der Waals surface area contributed by atoms with Crippen LogP contribution in [0, 0.1) is 5.92 Å². The zero-order valence-corrected chi connectivity index (χ0v) is 15.6. The lowest BCUT2D eigenvalue weighted by atomic mass is 9.89. The molecular formula is C18H23ClN2O5. The van der Waals surface area contributed by atoms with Crippen molar-refractivity contribution in [3.63, 3.8) is 0 Å². The van der Waals surface area contributed by atoms with Gasteiger partial charge in [0.05, 0.1) is 10.6 Å². The van der Waals surface area contributed by atoms with Crippen molar-refractivity contribution in [2.24, 2.45) is 5.92 Å². The maximum absolute atomic E-state index is 12.6. The topological polar surface area (TPSA) is 105 Å². The normalized spacial score (nSPS) is 16.2. The Labute approximate surface area is 157 Å². The third-order valence-corrected chi connectivity index (χ3v) is 4.53. The molecule has 1 aromatic rings. The van der Waals surface area contributed by atoms with Crippen LogP contribution in [0.15, 0.2) is 18.2 Å². The van der Waals surface area contributed by atoms with E-state index in [1.54, 1.807) is 6.07 Å². The summed E-state index contributed by atoms with van der Waals surface area (Å²) in [6, 6.07) is 4.54. The minimum Gasteiger partial charge on any atom is -0.480 e. The SMILES string of the molecule is CC(C)CC(=O)Nc1ccc(Cl)c(C(=O)NC2(C(=O)O)CCOCC2)c1. The van der Waals surface area contributed by atoms with Gasteiger partial charge in [0.25, 0.3) is 5.91 Å². The van der Waals surface area contributed by atoms with Crippen LogP contribution < -0.4 is 10.6 Å². The first-order valence-electron chi connectivity index (χ1n) is 8.46. The lowest BCUT2D eigenvalue weighted by Gasteiger charge is -2.34. The number of rotatable bonds is 6. The van der Waals surface area contributed by atoms with E-state index in [4.69, 9.17) is 16.3 Å². The third kappa shape index (κ3) is 4.95. The van der Waals surface area contributed by atoms with Crippen molar-refractivity contribution in [1.29, 1.82) is 0 Å². The summed E-state index contributed by atoms with van der Waals surface area (Å²) in [5.74, 6) is -1.67. The molecule has 0 bridgehead atoms. The van der Waals surface area contributed by atoms with E-state index >= 15 is 0 Å². The van der Waals surface area contributed by atoms with E-state index in [0.29, 0.717) is 12.1 Å². The Morgan fingerprint density at radius 3 is 2.50 bits per heavy atom. The molecule has 2 rings (SSSR count). The summed E-state index contributed by atoms with van der Waals surface area (Å²) in [6.07, 6.45) is 0.708. The molecule has 1 saturated heterocycles. The van der Waals surface area contributed by atoms with Gasteiger partial charge in [-0.15, -0.1) is 0 Å². The maximum Gasteiger partial charge on any atom is 0.329 e. The molecule has 0 unspecified atom stereocenters. The van der Waals surface area contributed by atoms with E-state index in [1.807, 2.05) is 13.8 Å². The summed E-state index contributed by atoms with van der Waals surface area (Å²) < 4.78 is 5.19. The van der Waals surface area contributed by atoms with Gasteiger partial charge in [-0.25, -0.2) is 4.79 Å². The Balaban J connectivity index is 2.18. The number of amides is 2. The molecule has 0 atom stereocenters. The molecule has 0 radical (unpaired) electrons. The fraction of sp³-hybridized carbons (Fsp3) is 0.500. The molecule has 3 N–H and O–H groups in total. The van der Waals surface area contributed by atoms with Gasteiger partial charge in [0.2, 0.25) is 5.91 Å². The Morgan fingerprint density at radius 1 is 1.27 bits per heavy atom. The fourth-order valence-corrected chi connectivity index (χ4v) is 2.96. The predicted octanol–water partition coefficient (Wildman–Crippen LogP) is 2.69. The minimum absolute atomic E-state index is 0.112. The predicted molar refractivity (Wildman–Crippen MR) is 97.4 cm³/mol. The van der Waals surface area contributed by atoms with E-state index < -0.39 is 17.4 Å². The highest BCUT2D eigenvalue weighted by Gasteiger charge is 2.42. The van der Waals surface area contributed by atoms with E-state index in [1.165, 1.54) is 12.1 Å². The maximum atomic E-state index is 12.6. The van der Waals surface area contributed by atoms with E-state index in [2.05, 4.69) is 10.6 Å². The van der Waals surface area contributed by atoms with Crippen LogP contribution in [0.25, 0.3) is 0 Å². The first-order valence-corrected chi connectivity index (χ1v) is 8.84. The molecule has 0 aliphatic carbocycles. The van der Waals surface area contributed by atoms with Gasteiger partial charge >= 0.3 is 5.97 Å². The molecule has 0 saturated carbocycles. The van der Waals surface area contributed by atoms with Crippen molar-refractivity contribution in [2.45, 2.75) is 38.6 Å². The third-order valence-electron chi connectivity index (χ3n) is 4.20. The standard InChI is InChI=1S/C18H23ClN2O5/c1-11(2)9-15(22)20-12-3-4-14(19)13(10-12)16(23)21-18(17(24)25)5-7-26-8-6-18/h3-4,10-11H,5-9H2,1-2H3,(H,20,22)(H,21,23)(H,24,25). The number of halogens is 1. The van der Waals surface area contributed by atoms with Gasteiger partial charge in [0.1, 0.15) is 5.54 Å². The zero-order chi connectivity index (χ0) is 19.3. The lowest BCUT2D eigenvalue weighted by molar-refractivity contribution is -0.148. The highest BCUT2D eigenvalue weighted by atomic mass is 35.5. The summed E-state index contributed by atoms with van der Waals surface area (Å²) in [5.41, 5.74) is -0.835. The van der Waals surface area contributed by atoms with E-state index in [0.717, 1.165) is 0 Å². The number of carboxylic acids is 1. The van der Waals surface area contributed by atoms with Gasteiger partial charge in [-0.1, -0.05) is 25.4 Å². The highest BCUT2D eigenvalue weighted by molar-refractivity contribution is 6.34. The van der Waals surface area contributed by atoms with Crippen molar-refractivity contribution < 1.29 is 24.2 Å². The van der Waals surface area contributed by atoms with Crippen LogP contribution in [0.2, 0.25) is 5.02 Å². The van der Waals surface area contributed by atoms with Crippen molar-refractivity contribution >= 4 is 35.1 Å². The molecule has 1 aliphatic heterocycles. The molecule has 1 heterocycles. The van der Waals surface area contributed by atoms with Gasteiger partial charge in [0, 0.05) is 38.2 Å². The number of carbonyl (C=O) groups excluding carboxylic acids is 2. The van der Waals surface area contributed by atoms with Crippen LogP contribution in [0.3, 0.4) is 0 Å². The molecule has 1 aromatic carbocycles. The number of hydrogen-bond donors (Lipinski definition) is 3. The monoisotopic (exact) mass is 382 g/mol. The Hall–Kier alpha value is -2.12. The molecule has 1 aliphatic rings. The Morgan fingerprint density at radius 2 is 1.92 bits per heavy atom. The number of nitrogens with one attached hydrogen (secondary N) is 2. The van der Waals surface area contributed by atoms with Crippen LogP contribution in [0.4, 0.5) is 5.69 Å². The first kappa shape index (κ1) is 20.2. The van der Waals surface area contributed by atoms with Crippen molar-refractivity contribution in [2.75, 3.05) is 18.5 Å². The molecule has 26 heavy (non-hydrogen) atoms. The minimum atomic E-state index is -1.38.